The van der Waals surface area contributed by atoms with Crippen LogP contribution in [0.3, 0.4) is 0 Å². The first kappa shape index (κ1) is 12.9. The fourth-order valence-corrected chi connectivity index (χ4v) is 3.83. The summed E-state index contributed by atoms with van der Waals surface area (Å²) in [6.07, 6.45) is 6.89. The zero-order chi connectivity index (χ0) is 13.3. The quantitative estimate of drug-likeness (QED) is 0.853. The van der Waals surface area contributed by atoms with Crippen LogP contribution in [0.25, 0.3) is 10.2 Å². The SMILES string of the molecule is Cc1ccc2sc(NCC3(C)CCCCC3)nc2c1. The van der Waals surface area contributed by atoms with Gasteiger partial charge >= 0.3 is 0 Å². The van der Waals surface area contributed by atoms with Crippen molar-refractivity contribution in [1.82, 2.24) is 4.98 Å². The maximum Gasteiger partial charge on any atom is 0.183 e. The predicted octanol–water partition coefficient (Wildman–Crippen LogP) is 4.99. The van der Waals surface area contributed by atoms with E-state index in [9.17, 15) is 0 Å². The summed E-state index contributed by atoms with van der Waals surface area (Å²) in [4.78, 5) is 4.70. The van der Waals surface area contributed by atoms with Crippen molar-refractivity contribution in [3.05, 3.63) is 23.8 Å². The minimum Gasteiger partial charge on any atom is -0.361 e. The second-order valence-corrected chi connectivity index (χ2v) is 7.25. The molecule has 2 aromatic rings. The lowest BCUT2D eigenvalue weighted by atomic mass is 9.76. The van der Waals surface area contributed by atoms with Crippen LogP contribution >= 0.6 is 11.3 Å². The number of hydrogen-bond acceptors (Lipinski definition) is 3. The molecule has 0 saturated heterocycles. The second-order valence-electron chi connectivity index (χ2n) is 6.22. The number of nitrogens with zero attached hydrogens (tertiary/aromatic N) is 1. The maximum absolute atomic E-state index is 4.70. The highest BCUT2D eigenvalue weighted by atomic mass is 32.1. The van der Waals surface area contributed by atoms with Crippen molar-refractivity contribution < 1.29 is 0 Å². The van der Waals surface area contributed by atoms with E-state index in [-0.39, 0.29) is 0 Å². The summed E-state index contributed by atoms with van der Waals surface area (Å²) < 4.78 is 1.28. The Morgan fingerprint density at radius 2 is 2.05 bits per heavy atom. The normalized spacial score (nSPS) is 18.6. The van der Waals surface area contributed by atoms with E-state index < -0.39 is 0 Å². The lowest BCUT2D eigenvalue weighted by Gasteiger charge is -2.33. The van der Waals surface area contributed by atoms with Crippen LogP contribution in [0.2, 0.25) is 0 Å². The average Bonchev–Trinajstić information content (AvgIpc) is 2.79. The molecule has 102 valence electrons. The Labute approximate surface area is 119 Å². The lowest BCUT2D eigenvalue weighted by molar-refractivity contribution is 0.233. The van der Waals surface area contributed by atoms with Gasteiger partial charge in [0.1, 0.15) is 0 Å². The fourth-order valence-electron chi connectivity index (χ4n) is 2.98. The molecule has 0 spiro atoms. The van der Waals surface area contributed by atoms with Gasteiger partial charge in [-0.25, -0.2) is 4.98 Å². The van der Waals surface area contributed by atoms with E-state index in [0.29, 0.717) is 5.41 Å². The van der Waals surface area contributed by atoms with Gasteiger partial charge in [-0.3, -0.25) is 0 Å². The van der Waals surface area contributed by atoms with Crippen molar-refractivity contribution in [2.24, 2.45) is 5.41 Å². The maximum atomic E-state index is 4.70. The predicted molar refractivity (Wildman–Crippen MR) is 84.0 cm³/mol. The van der Waals surface area contributed by atoms with Crippen molar-refractivity contribution in [2.45, 2.75) is 46.0 Å². The first-order valence-corrected chi connectivity index (χ1v) is 8.07. The number of aromatic nitrogens is 1. The number of fused-ring (bicyclic) bond motifs is 1. The number of anilines is 1. The molecule has 1 saturated carbocycles. The Morgan fingerprint density at radius 1 is 1.26 bits per heavy atom. The number of nitrogens with one attached hydrogen (secondary N) is 1. The van der Waals surface area contributed by atoms with E-state index in [1.165, 1.54) is 42.4 Å². The molecule has 3 rings (SSSR count). The van der Waals surface area contributed by atoms with Gasteiger partial charge in [-0.2, -0.15) is 0 Å². The Hall–Kier alpha value is -1.09. The third-order valence-corrected chi connectivity index (χ3v) is 5.26. The van der Waals surface area contributed by atoms with Crippen LogP contribution in [0.15, 0.2) is 18.2 Å². The molecular formula is C16H22N2S. The summed E-state index contributed by atoms with van der Waals surface area (Å²) in [6.45, 7) is 5.59. The number of benzene rings is 1. The first-order chi connectivity index (χ1) is 9.15. The van der Waals surface area contributed by atoms with Gasteiger partial charge in [0, 0.05) is 6.54 Å². The van der Waals surface area contributed by atoms with Gasteiger partial charge < -0.3 is 5.32 Å². The van der Waals surface area contributed by atoms with Gasteiger partial charge in [0.2, 0.25) is 0 Å². The van der Waals surface area contributed by atoms with E-state index >= 15 is 0 Å². The van der Waals surface area contributed by atoms with Crippen molar-refractivity contribution >= 4 is 26.7 Å². The highest BCUT2D eigenvalue weighted by Gasteiger charge is 2.26. The molecule has 3 heteroatoms. The molecule has 0 radical (unpaired) electrons. The van der Waals surface area contributed by atoms with E-state index in [0.717, 1.165) is 17.2 Å². The topological polar surface area (TPSA) is 24.9 Å². The summed E-state index contributed by atoms with van der Waals surface area (Å²) in [7, 11) is 0. The summed E-state index contributed by atoms with van der Waals surface area (Å²) in [5, 5.41) is 4.65. The number of aryl methyl sites for hydroxylation is 1. The second kappa shape index (κ2) is 5.12. The Bertz CT molecular complexity index is 567. The van der Waals surface area contributed by atoms with E-state index in [1.807, 2.05) is 0 Å². The Morgan fingerprint density at radius 3 is 2.84 bits per heavy atom. The van der Waals surface area contributed by atoms with Gasteiger partial charge in [-0.15, -0.1) is 0 Å². The summed E-state index contributed by atoms with van der Waals surface area (Å²) in [5.74, 6) is 0. The largest absolute Gasteiger partial charge is 0.361 e. The number of rotatable bonds is 3. The molecule has 1 aliphatic carbocycles. The molecule has 0 amide bonds. The zero-order valence-corrected chi connectivity index (χ0v) is 12.6. The van der Waals surface area contributed by atoms with Crippen LogP contribution in [0.4, 0.5) is 5.13 Å². The lowest BCUT2D eigenvalue weighted by Crippen LogP contribution is -2.28. The van der Waals surface area contributed by atoms with Crippen molar-refractivity contribution in [3.8, 4) is 0 Å². The third-order valence-electron chi connectivity index (χ3n) is 4.27. The van der Waals surface area contributed by atoms with Gasteiger partial charge in [0.15, 0.2) is 5.13 Å². The summed E-state index contributed by atoms with van der Waals surface area (Å²) in [5.41, 5.74) is 2.87. The minimum atomic E-state index is 0.464. The molecule has 0 atom stereocenters. The smallest absolute Gasteiger partial charge is 0.183 e. The molecule has 1 aromatic heterocycles. The number of hydrogen-bond donors (Lipinski definition) is 1. The van der Waals surface area contributed by atoms with Crippen LogP contribution in [0.5, 0.6) is 0 Å². The molecule has 1 aliphatic rings. The highest BCUT2D eigenvalue weighted by molar-refractivity contribution is 7.22. The van der Waals surface area contributed by atoms with Crippen LogP contribution in [0, 0.1) is 12.3 Å². The summed E-state index contributed by atoms with van der Waals surface area (Å²) in [6, 6.07) is 6.50. The van der Waals surface area contributed by atoms with Gasteiger partial charge in [-0.05, 0) is 42.9 Å². The molecule has 19 heavy (non-hydrogen) atoms. The number of thiazole rings is 1. The van der Waals surface area contributed by atoms with Crippen molar-refractivity contribution in [2.75, 3.05) is 11.9 Å². The van der Waals surface area contributed by atoms with Crippen molar-refractivity contribution in [3.63, 3.8) is 0 Å². The van der Waals surface area contributed by atoms with Crippen LogP contribution in [-0.2, 0) is 0 Å². The van der Waals surface area contributed by atoms with Crippen LogP contribution < -0.4 is 5.32 Å². The van der Waals surface area contributed by atoms with E-state index in [1.54, 1.807) is 11.3 Å². The molecular weight excluding hydrogens is 252 g/mol. The van der Waals surface area contributed by atoms with Gasteiger partial charge in [0.25, 0.3) is 0 Å². The molecule has 1 heterocycles. The van der Waals surface area contributed by atoms with Crippen LogP contribution in [-0.4, -0.2) is 11.5 Å². The fraction of sp³-hybridized carbons (Fsp3) is 0.562. The standard InChI is InChI=1S/C16H22N2S/c1-12-6-7-14-13(10-12)18-15(19-14)17-11-16(2)8-4-3-5-9-16/h6-7,10H,3-5,8-9,11H2,1-2H3,(H,17,18). The molecule has 0 aliphatic heterocycles. The summed E-state index contributed by atoms with van der Waals surface area (Å²) >= 11 is 1.77. The monoisotopic (exact) mass is 274 g/mol. The van der Waals surface area contributed by atoms with E-state index in [2.05, 4.69) is 37.4 Å². The molecule has 1 fully saturated rings. The molecule has 0 bridgehead atoms. The van der Waals surface area contributed by atoms with Crippen LogP contribution in [0.1, 0.15) is 44.6 Å². The Balaban J connectivity index is 1.71. The molecule has 2 nitrogen and oxygen atoms in total. The minimum absolute atomic E-state index is 0.464. The van der Waals surface area contributed by atoms with E-state index in [4.69, 9.17) is 4.98 Å². The third kappa shape index (κ3) is 2.92. The zero-order valence-electron chi connectivity index (χ0n) is 11.8. The average molecular weight is 274 g/mol. The first-order valence-electron chi connectivity index (χ1n) is 7.26. The highest BCUT2D eigenvalue weighted by Crippen LogP contribution is 2.36. The van der Waals surface area contributed by atoms with Crippen molar-refractivity contribution in [1.29, 1.82) is 0 Å². The van der Waals surface area contributed by atoms with Gasteiger partial charge in [-0.1, -0.05) is 43.6 Å². The molecule has 1 N–H and O–H groups in total. The molecule has 1 aromatic carbocycles. The molecule has 0 unspecified atom stereocenters. The van der Waals surface area contributed by atoms with Gasteiger partial charge in [0.05, 0.1) is 10.2 Å². The Kier molecular flexibility index (Phi) is 3.48.